The molecule has 1 heterocycles. The Hall–Kier alpha value is -3.27. The summed E-state index contributed by atoms with van der Waals surface area (Å²) < 4.78 is 4.55. The number of nitrogens with zero attached hydrogens (tertiary/aromatic N) is 3. The molecule has 0 aliphatic rings. The third kappa shape index (κ3) is 3.63. The van der Waals surface area contributed by atoms with E-state index in [-0.39, 0.29) is 33.3 Å². The summed E-state index contributed by atoms with van der Waals surface area (Å²) in [7, 11) is 1.19. The monoisotopic (exact) mass is 355 g/mol. The first-order valence-electron chi connectivity index (χ1n) is 6.86. The number of hydrogen-bond acceptors (Lipinski definition) is 9. The number of benzene rings is 1. The van der Waals surface area contributed by atoms with Gasteiger partial charge in [-0.1, -0.05) is 23.9 Å². The summed E-state index contributed by atoms with van der Waals surface area (Å²) in [5.41, 5.74) is 12.2. The Kier molecular flexibility index (Phi) is 5.45. The summed E-state index contributed by atoms with van der Waals surface area (Å²) in [4.78, 5) is 15.6. The van der Waals surface area contributed by atoms with Crippen molar-refractivity contribution in [3.05, 3.63) is 35.4 Å². The van der Waals surface area contributed by atoms with Crippen molar-refractivity contribution in [2.24, 2.45) is 5.73 Å². The second kappa shape index (κ2) is 7.53. The zero-order valence-electron chi connectivity index (χ0n) is 13.1. The minimum Gasteiger partial charge on any atom is -0.508 e. The van der Waals surface area contributed by atoms with Crippen molar-refractivity contribution >= 4 is 23.5 Å². The van der Waals surface area contributed by atoms with Gasteiger partial charge in [-0.15, -0.1) is 0 Å². The summed E-state index contributed by atoms with van der Waals surface area (Å²) in [6.45, 7) is 0. The predicted molar refractivity (Wildman–Crippen MR) is 91.0 cm³/mol. The zero-order chi connectivity index (χ0) is 18.6. The molecule has 0 spiro atoms. The lowest BCUT2D eigenvalue weighted by Gasteiger charge is -2.15. The number of carbonyl (C=O) groups is 1. The lowest BCUT2D eigenvalue weighted by Crippen LogP contribution is -2.28. The van der Waals surface area contributed by atoms with Crippen LogP contribution in [0.3, 0.4) is 0 Å². The topological polar surface area (TPSA) is 159 Å². The number of pyridine rings is 1. The number of hydrogen-bond donors (Lipinski definition) is 3. The molecule has 126 valence electrons. The quantitative estimate of drug-likeness (QED) is 0.417. The van der Waals surface area contributed by atoms with E-state index >= 15 is 0 Å². The molecule has 8 nitrogen and oxygen atoms in total. The second-order valence-corrected chi connectivity index (χ2v) is 5.89. The Balaban J connectivity index is 2.71. The van der Waals surface area contributed by atoms with Gasteiger partial charge in [0.2, 0.25) is 0 Å². The lowest BCUT2D eigenvalue weighted by molar-refractivity contribution is -0.139. The number of methoxy groups -OCH3 is 1. The van der Waals surface area contributed by atoms with Gasteiger partial charge in [-0.3, -0.25) is 0 Å². The van der Waals surface area contributed by atoms with Gasteiger partial charge in [-0.25, -0.2) is 9.78 Å². The normalized spacial score (nSPS) is 11.2. The number of nitrogens with two attached hydrogens (primary N) is 2. The Bertz CT molecular complexity index is 917. The van der Waals surface area contributed by atoms with Gasteiger partial charge in [0.15, 0.2) is 5.37 Å². The molecule has 0 radical (unpaired) electrons. The van der Waals surface area contributed by atoms with E-state index in [0.29, 0.717) is 5.56 Å². The number of thioether (sulfide) groups is 1. The first-order valence-corrected chi connectivity index (χ1v) is 7.74. The number of anilines is 1. The highest BCUT2D eigenvalue weighted by atomic mass is 32.2. The molecule has 2 rings (SSSR count). The Labute approximate surface area is 147 Å². The van der Waals surface area contributed by atoms with Crippen LogP contribution in [0.25, 0.3) is 11.1 Å². The highest BCUT2D eigenvalue weighted by Gasteiger charge is 2.24. The van der Waals surface area contributed by atoms with Crippen LogP contribution in [0.15, 0.2) is 29.3 Å². The summed E-state index contributed by atoms with van der Waals surface area (Å²) in [6, 6.07) is 9.92. The first-order chi connectivity index (χ1) is 11.9. The standard InChI is InChI=1S/C16H13N5O3S/c1-24-16(23)14(20)25-15-11(7-18)12(10(6-17)13(19)21-15)8-3-2-4-9(22)5-8/h2-5,14,22H,20H2,1H3,(H2,19,21). The smallest absolute Gasteiger partial charge is 0.333 e. The van der Waals surface area contributed by atoms with E-state index in [4.69, 9.17) is 11.5 Å². The van der Waals surface area contributed by atoms with E-state index in [1.54, 1.807) is 12.1 Å². The largest absolute Gasteiger partial charge is 0.508 e. The van der Waals surface area contributed by atoms with Crippen LogP contribution < -0.4 is 11.5 Å². The van der Waals surface area contributed by atoms with Gasteiger partial charge in [0.05, 0.1) is 12.7 Å². The maximum absolute atomic E-state index is 11.5. The third-order valence-electron chi connectivity index (χ3n) is 3.22. The fourth-order valence-corrected chi connectivity index (χ4v) is 2.97. The average molecular weight is 355 g/mol. The molecule has 0 amide bonds. The van der Waals surface area contributed by atoms with E-state index in [2.05, 4.69) is 9.72 Å². The van der Waals surface area contributed by atoms with Crippen LogP contribution in [0, 0.1) is 22.7 Å². The molecule has 9 heteroatoms. The van der Waals surface area contributed by atoms with Crippen molar-refractivity contribution in [3.8, 4) is 29.0 Å². The van der Waals surface area contributed by atoms with Crippen molar-refractivity contribution in [2.75, 3.05) is 12.8 Å². The number of nitriles is 2. The minimum atomic E-state index is -1.12. The molecule has 0 aliphatic carbocycles. The summed E-state index contributed by atoms with van der Waals surface area (Å²) in [5, 5.41) is 27.6. The summed E-state index contributed by atoms with van der Waals surface area (Å²) in [6.07, 6.45) is 0. The first kappa shape index (κ1) is 18.1. The molecule has 0 saturated heterocycles. The van der Waals surface area contributed by atoms with Crippen LogP contribution in [-0.2, 0) is 9.53 Å². The number of nitrogen functional groups attached to an aromatic ring is 1. The molecule has 0 saturated carbocycles. The average Bonchev–Trinajstić information content (AvgIpc) is 2.60. The number of phenols is 1. The number of aromatic nitrogens is 1. The highest BCUT2D eigenvalue weighted by molar-refractivity contribution is 8.00. The summed E-state index contributed by atoms with van der Waals surface area (Å²) >= 11 is 0.792. The van der Waals surface area contributed by atoms with Crippen LogP contribution in [-0.4, -0.2) is 28.5 Å². The fourth-order valence-electron chi connectivity index (χ4n) is 2.12. The van der Waals surface area contributed by atoms with E-state index in [0.717, 1.165) is 11.8 Å². The van der Waals surface area contributed by atoms with Crippen LogP contribution >= 0.6 is 11.8 Å². The van der Waals surface area contributed by atoms with Crippen LogP contribution in [0.4, 0.5) is 5.82 Å². The SMILES string of the molecule is COC(=O)C(N)Sc1nc(N)c(C#N)c(-c2cccc(O)c2)c1C#N. The van der Waals surface area contributed by atoms with Gasteiger partial charge in [-0.05, 0) is 17.7 Å². The van der Waals surface area contributed by atoms with E-state index in [9.17, 15) is 20.4 Å². The number of phenolic OH excluding ortho intramolecular Hbond substituents is 1. The number of esters is 1. The molecule has 0 fully saturated rings. The molecular formula is C16H13N5O3S. The molecule has 5 N–H and O–H groups in total. The van der Waals surface area contributed by atoms with Gasteiger partial charge >= 0.3 is 5.97 Å². The maximum Gasteiger partial charge on any atom is 0.333 e. The van der Waals surface area contributed by atoms with Crippen molar-refractivity contribution in [2.45, 2.75) is 10.4 Å². The number of aromatic hydroxyl groups is 1. The lowest BCUT2D eigenvalue weighted by atomic mass is 9.97. The van der Waals surface area contributed by atoms with Crippen molar-refractivity contribution in [1.29, 1.82) is 10.5 Å². The van der Waals surface area contributed by atoms with Crippen molar-refractivity contribution in [1.82, 2.24) is 4.98 Å². The van der Waals surface area contributed by atoms with Gasteiger partial charge in [0.1, 0.15) is 34.3 Å². The van der Waals surface area contributed by atoms with Gasteiger partial charge < -0.3 is 21.3 Å². The molecule has 1 aromatic heterocycles. The zero-order valence-corrected chi connectivity index (χ0v) is 13.9. The Morgan fingerprint density at radius 3 is 2.60 bits per heavy atom. The molecule has 2 aromatic rings. The number of rotatable bonds is 4. The fraction of sp³-hybridized carbons (Fsp3) is 0.125. The Morgan fingerprint density at radius 2 is 2.04 bits per heavy atom. The van der Waals surface area contributed by atoms with Crippen LogP contribution in [0.5, 0.6) is 5.75 Å². The number of ether oxygens (including phenoxy) is 1. The molecular weight excluding hydrogens is 342 g/mol. The highest BCUT2D eigenvalue weighted by Crippen LogP contribution is 2.37. The molecule has 0 bridgehead atoms. The van der Waals surface area contributed by atoms with Gasteiger partial charge in [-0.2, -0.15) is 10.5 Å². The molecule has 1 unspecified atom stereocenters. The van der Waals surface area contributed by atoms with E-state index < -0.39 is 11.3 Å². The van der Waals surface area contributed by atoms with Crippen molar-refractivity contribution in [3.63, 3.8) is 0 Å². The summed E-state index contributed by atoms with van der Waals surface area (Å²) in [5.74, 6) is -0.849. The molecule has 1 atom stereocenters. The molecule has 1 aromatic carbocycles. The maximum atomic E-state index is 11.5. The molecule has 0 aliphatic heterocycles. The minimum absolute atomic E-state index is 0.00172. The second-order valence-electron chi connectivity index (χ2n) is 4.76. The molecule has 25 heavy (non-hydrogen) atoms. The van der Waals surface area contributed by atoms with E-state index in [1.807, 2.05) is 12.1 Å². The third-order valence-corrected chi connectivity index (χ3v) is 4.19. The van der Waals surface area contributed by atoms with Gasteiger partial charge in [0.25, 0.3) is 0 Å². The van der Waals surface area contributed by atoms with E-state index in [1.165, 1.54) is 19.2 Å². The van der Waals surface area contributed by atoms with Crippen LogP contribution in [0.1, 0.15) is 11.1 Å². The predicted octanol–water partition coefficient (Wildman–Crippen LogP) is 1.33. The number of carbonyl (C=O) groups excluding carboxylic acids is 1. The van der Waals surface area contributed by atoms with Gasteiger partial charge in [0, 0.05) is 5.56 Å². The van der Waals surface area contributed by atoms with Crippen LogP contribution in [0.2, 0.25) is 0 Å². The Morgan fingerprint density at radius 1 is 1.36 bits per heavy atom. The van der Waals surface area contributed by atoms with Crippen molar-refractivity contribution < 1.29 is 14.6 Å².